The monoisotopic (exact) mass is 195 g/mol. The zero-order valence-corrected chi connectivity index (χ0v) is 7.28. The molecule has 5 heteroatoms. The minimum Gasteiger partial charge on any atom is -0.504 e. The van der Waals surface area contributed by atoms with Crippen LogP contribution in [0.2, 0.25) is 5.28 Å². The van der Waals surface area contributed by atoms with E-state index in [4.69, 9.17) is 11.6 Å². The van der Waals surface area contributed by atoms with Crippen LogP contribution in [0.4, 0.5) is 0 Å². The molecule has 0 atom stereocenters. The smallest absolute Gasteiger partial charge is 0.223 e. The standard InChI is InChI=1S/C8H6ClN3O/c9-8-11-4-6(13)7(12-8)5-2-1-3-10-5/h1-4,10,13H. The van der Waals surface area contributed by atoms with E-state index in [2.05, 4.69) is 15.0 Å². The van der Waals surface area contributed by atoms with Gasteiger partial charge < -0.3 is 10.1 Å². The molecule has 0 unspecified atom stereocenters. The lowest BCUT2D eigenvalue weighted by Gasteiger charge is -1.99. The van der Waals surface area contributed by atoms with Gasteiger partial charge in [-0.05, 0) is 23.7 Å². The Balaban J connectivity index is 2.57. The van der Waals surface area contributed by atoms with E-state index in [9.17, 15) is 5.11 Å². The highest BCUT2D eigenvalue weighted by Crippen LogP contribution is 2.25. The molecule has 0 amide bonds. The molecule has 0 aliphatic rings. The number of hydrogen-bond acceptors (Lipinski definition) is 3. The molecule has 13 heavy (non-hydrogen) atoms. The maximum atomic E-state index is 9.40. The normalized spacial score (nSPS) is 10.2. The average Bonchev–Trinajstić information content (AvgIpc) is 2.61. The molecule has 0 aliphatic carbocycles. The van der Waals surface area contributed by atoms with E-state index in [1.54, 1.807) is 12.3 Å². The summed E-state index contributed by atoms with van der Waals surface area (Å²) in [7, 11) is 0. The van der Waals surface area contributed by atoms with Gasteiger partial charge in [0.15, 0.2) is 5.75 Å². The van der Waals surface area contributed by atoms with Crippen molar-refractivity contribution in [1.82, 2.24) is 15.0 Å². The number of H-pyrrole nitrogens is 1. The molecule has 0 aromatic carbocycles. The van der Waals surface area contributed by atoms with E-state index in [0.717, 1.165) is 0 Å². The molecule has 0 bridgehead atoms. The molecule has 2 aromatic rings. The number of aromatic nitrogens is 3. The zero-order chi connectivity index (χ0) is 9.26. The van der Waals surface area contributed by atoms with Crippen LogP contribution in [0.5, 0.6) is 5.75 Å². The number of halogens is 1. The van der Waals surface area contributed by atoms with E-state index < -0.39 is 0 Å². The fraction of sp³-hybridized carbons (Fsp3) is 0. The summed E-state index contributed by atoms with van der Waals surface area (Å²) in [4.78, 5) is 10.4. The quantitative estimate of drug-likeness (QED) is 0.683. The van der Waals surface area contributed by atoms with E-state index in [1.165, 1.54) is 6.20 Å². The van der Waals surface area contributed by atoms with Gasteiger partial charge in [0.25, 0.3) is 0 Å². The molecular weight excluding hydrogens is 190 g/mol. The highest BCUT2D eigenvalue weighted by atomic mass is 35.5. The van der Waals surface area contributed by atoms with Crippen LogP contribution in [0.25, 0.3) is 11.4 Å². The summed E-state index contributed by atoms with van der Waals surface area (Å²) in [6.45, 7) is 0. The van der Waals surface area contributed by atoms with E-state index in [1.807, 2.05) is 6.07 Å². The van der Waals surface area contributed by atoms with E-state index in [-0.39, 0.29) is 11.0 Å². The van der Waals surface area contributed by atoms with Gasteiger partial charge in [0.1, 0.15) is 5.69 Å². The molecule has 2 aromatic heterocycles. The van der Waals surface area contributed by atoms with Gasteiger partial charge in [-0.2, -0.15) is 0 Å². The molecule has 2 rings (SSSR count). The van der Waals surface area contributed by atoms with Crippen molar-refractivity contribution in [2.45, 2.75) is 0 Å². The van der Waals surface area contributed by atoms with Crippen molar-refractivity contribution in [3.8, 4) is 17.1 Å². The van der Waals surface area contributed by atoms with Gasteiger partial charge in [-0.3, -0.25) is 0 Å². The second-order valence-corrected chi connectivity index (χ2v) is 2.79. The van der Waals surface area contributed by atoms with Crippen molar-refractivity contribution in [2.24, 2.45) is 0 Å². The Bertz CT molecular complexity index is 413. The van der Waals surface area contributed by atoms with Crippen LogP contribution >= 0.6 is 11.6 Å². The van der Waals surface area contributed by atoms with Crippen molar-refractivity contribution < 1.29 is 5.11 Å². The minimum atomic E-state index is 0.00634. The Morgan fingerprint density at radius 1 is 1.46 bits per heavy atom. The molecular formula is C8H6ClN3O. The van der Waals surface area contributed by atoms with Gasteiger partial charge in [0.2, 0.25) is 5.28 Å². The van der Waals surface area contributed by atoms with Gasteiger partial charge in [0, 0.05) is 6.20 Å². The number of rotatable bonds is 1. The first-order chi connectivity index (χ1) is 6.27. The predicted octanol–water partition coefficient (Wildman–Crippen LogP) is 1.83. The molecule has 0 saturated carbocycles. The first-order valence-electron chi connectivity index (χ1n) is 3.62. The summed E-state index contributed by atoms with van der Waals surface area (Å²) < 4.78 is 0. The highest BCUT2D eigenvalue weighted by molar-refractivity contribution is 6.28. The van der Waals surface area contributed by atoms with Crippen LogP contribution in [0.1, 0.15) is 0 Å². The Hall–Kier alpha value is -1.55. The molecule has 0 fully saturated rings. The van der Waals surface area contributed by atoms with Gasteiger partial charge in [-0.1, -0.05) is 0 Å². The Morgan fingerprint density at radius 2 is 2.31 bits per heavy atom. The van der Waals surface area contributed by atoms with Crippen LogP contribution in [0.15, 0.2) is 24.5 Å². The van der Waals surface area contributed by atoms with Crippen LogP contribution in [-0.2, 0) is 0 Å². The Labute approximate surface area is 79.2 Å². The maximum Gasteiger partial charge on any atom is 0.223 e. The summed E-state index contributed by atoms with van der Waals surface area (Å²) in [5, 5.41) is 9.52. The Kier molecular flexibility index (Phi) is 1.90. The number of hydrogen-bond donors (Lipinski definition) is 2. The van der Waals surface area contributed by atoms with Crippen LogP contribution in [0, 0.1) is 0 Å². The van der Waals surface area contributed by atoms with E-state index in [0.29, 0.717) is 11.4 Å². The molecule has 2 N–H and O–H groups in total. The summed E-state index contributed by atoms with van der Waals surface area (Å²) in [5.74, 6) is 0.00634. The number of aromatic amines is 1. The fourth-order valence-corrected chi connectivity index (χ4v) is 1.16. The SMILES string of the molecule is Oc1cnc(Cl)nc1-c1ccc[nH]1. The summed E-state index contributed by atoms with van der Waals surface area (Å²) in [5.41, 5.74) is 1.12. The number of nitrogens with zero attached hydrogens (tertiary/aromatic N) is 2. The molecule has 0 aliphatic heterocycles. The van der Waals surface area contributed by atoms with Crippen LogP contribution in [0.3, 0.4) is 0 Å². The first kappa shape index (κ1) is 8.07. The van der Waals surface area contributed by atoms with Crippen molar-refractivity contribution in [3.05, 3.63) is 29.8 Å². The van der Waals surface area contributed by atoms with Gasteiger partial charge in [-0.25, -0.2) is 9.97 Å². The third kappa shape index (κ3) is 1.48. The van der Waals surface area contributed by atoms with Gasteiger partial charge in [0.05, 0.1) is 11.9 Å². The van der Waals surface area contributed by atoms with Crippen molar-refractivity contribution >= 4 is 11.6 Å². The molecule has 0 radical (unpaired) electrons. The first-order valence-corrected chi connectivity index (χ1v) is 4.00. The highest BCUT2D eigenvalue weighted by Gasteiger charge is 2.07. The Morgan fingerprint density at radius 3 is 3.00 bits per heavy atom. The molecule has 66 valence electrons. The second kappa shape index (κ2) is 3.06. The fourth-order valence-electron chi connectivity index (χ4n) is 1.03. The van der Waals surface area contributed by atoms with Crippen molar-refractivity contribution in [3.63, 3.8) is 0 Å². The topological polar surface area (TPSA) is 61.8 Å². The lowest BCUT2D eigenvalue weighted by molar-refractivity contribution is 0.472. The third-order valence-corrected chi connectivity index (χ3v) is 1.78. The number of nitrogens with one attached hydrogen (secondary N) is 1. The van der Waals surface area contributed by atoms with E-state index >= 15 is 0 Å². The molecule has 4 nitrogen and oxygen atoms in total. The van der Waals surface area contributed by atoms with Gasteiger partial charge in [-0.15, -0.1) is 0 Å². The summed E-state index contributed by atoms with van der Waals surface area (Å²) in [6, 6.07) is 3.60. The number of aromatic hydroxyl groups is 1. The predicted molar refractivity (Wildman–Crippen MR) is 48.5 cm³/mol. The van der Waals surface area contributed by atoms with Crippen LogP contribution in [-0.4, -0.2) is 20.1 Å². The largest absolute Gasteiger partial charge is 0.504 e. The third-order valence-electron chi connectivity index (χ3n) is 1.59. The van der Waals surface area contributed by atoms with Crippen LogP contribution < -0.4 is 0 Å². The maximum absolute atomic E-state index is 9.40. The molecule has 0 spiro atoms. The van der Waals surface area contributed by atoms with Crippen molar-refractivity contribution in [1.29, 1.82) is 0 Å². The second-order valence-electron chi connectivity index (χ2n) is 2.46. The molecule has 0 saturated heterocycles. The summed E-state index contributed by atoms with van der Waals surface area (Å²) in [6.07, 6.45) is 3.01. The van der Waals surface area contributed by atoms with Crippen molar-refractivity contribution in [2.75, 3.05) is 0 Å². The lowest BCUT2D eigenvalue weighted by Crippen LogP contribution is -1.87. The molecule has 2 heterocycles. The van der Waals surface area contributed by atoms with Gasteiger partial charge >= 0.3 is 0 Å². The zero-order valence-electron chi connectivity index (χ0n) is 6.53. The lowest BCUT2D eigenvalue weighted by atomic mass is 10.3. The minimum absolute atomic E-state index is 0.00634. The average molecular weight is 196 g/mol. The summed E-state index contributed by atoms with van der Waals surface area (Å²) >= 11 is 5.59.